The standard InChI is InChI=1S/C41H39N5O9/c1-54-33-18-10-15-28-39(33)55-40(44-28)38(52)29(23-37(50)51)42-35(48)25-46-32-17-9-8-16-31(32)45(36(49)22-20-27-13-6-3-7-14-27)24-30(41(46)53)43-34(47)21-19-26-11-4-2-5-12-26/h2-18,29-30H,19-25H2,1H3,(H,42,48)(H,43,47)(H,50,51)/t29-,30-/m0/s1. The first-order valence-corrected chi connectivity index (χ1v) is 17.7. The molecule has 4 amide bonds. The number of aryl methyl sites for hydroxylation is 2. The van der Waals surface area contributed by atoms with Crippen LogP contribution >= 0.6 is 0 Å². The number of hydrogen-bond acceptors (Lipinski definition) is 9. The smallest absolute Gasteiger partial charge is 0.305 e. The summed E-state index contributed by atoms with van der Waals surface area (Å²) in [5.74, 6) is -4.73. The van der Waals surface area contributed by atoms with Crippen LogP contribution in [0.4, 0.5) is 11.4 Å². The Bertz CT molecular complexity index is 2210. The molecule has 282 valence electrons. The fourth-order valence-corrected chi connectivity index (χ4v) is 6.40. The number of aromatic nitrogens is 1. The number of carboxylic acid groups (broad SMARTS) is 1. The molecule has 0 saturated carbocycles. The Morgan fingerprint density at radius 2 is 1.47 bits per heavy atom. The molecule has 0 unspecified atom stereocenters. The van der Waals surface area contributed by atoms with E-state index < -0.39 is 60.4 Å². The molecule has 1 aliphatic rings. The maximum atomic E-state index is 14.4. The lowest BCUT2D eigenvalue weighted by molar-refractivity contribution is -0.137. The van der Waals surface area contributed by atoms with Gasteiger partial charge < -0.3 is 29.8 Å². The van der Waals surface area contributed by atoms with Crippen LogP contribution in [0.25, 0.3) is 11.1 Å². The number of ether oxygens (including phenoxy) is 1. The first-order chi connectivity index (χ1) is 26.6. The third kappa shape index (κ3) is 9.22. The van der Waals surface area contributed by atoms with Gasteiger partial charge in [-0.2, -0.15) is 0 Å². The first kappa shape index (κ1) is 37.9. The molecule has 4 aromatic carbocycles. The lowest BCUT2D eigenvalue weighted by Crippen LogP contribution is -2.55. The Morgan fingerprint density at radius 1 is 0.836 bits per heavy atom. The number of fused-ring (bicyclic) bond motifs is 2. The van der Waals surface area contributed by atoms with Gasteiger partial charge in [0.05, 0.1) is 31.5 Å². The van der Waals surface area contributed by atoms with E-state index >= 15 is 0 Å². The van der Waals surface area contributed by atoms with Crippen LogP contribution in [0.1, 0.15) is 41.1 Å². The number of nitrogens with zero attached hydrogens (tertiary/aromatic N) is 3. The number of rotatable bonds is 15. The van der Waals surface area contributed by atoms with Crippen molar-refractivity contribution in [2.45, 2.75) is 44.2 Å². The molecular weight excluding hydrogens is 706 g/mol. The summed E-state index contributed by atoms with van der Waals surface area (Å²) in [6, 6.07) is 27.3. The minimum absolute atomic E-state index is 0.0594. The first-order valence-electron chi connectivity index (χ1n) is 17.7. The van der Waals surface area contributed by atoms with E-state index in [0.29, 0.717) is 24.3 Å². The molecule has 0 radical (unpaired) electrons. The van der Waals surface area contributed by atoms with Gasteiger partial charge in [0.25, 0.3) is 11.8 Å². The second-order valence-electron chi connectivity index (χ2n) is 12.9. The molecule has 5 aromatic rings. The highest BCUT2D eigenvalue weighted by Crippen LogP contribution is 2.34. The number of nitrogens with one attached hydrogen (secondary N) is 2. The van der Waals surface area contributed by atoms with Crippen molar-refractivity contribution in [2.75, 3.05) is 30.0 Å². The van der Waals surface area contributed by atoms with Crippen LogP contribution in [-0.2, 0) is 36.8 Å². The largest absolute Gasteiger partial charge is 0.493 e. The second-order valence-corrected chi connectivity index (χ2v) is 12.9. The third-order valence-electron chi connectivity index (χ3n) is 9.12. The van der Waals surface area contributed by atoms with Crippen LogP contribution in [-0.4, -0.2) is 77.8 Å². The highest BCUT2D eigenvalue weighted by Gasteiger charge is 2.38. The molecular formula is C41H39N5O9. The topological polar surface area (TPSA) is 188 Å². The number of para-hydroxylation sites is 3. The van der Waals surface area contributed by atoms with Gasteiger partial charge >= 0.3 is 5.97 Å². The highest BCUT2D eigenvalue weighted by atomic mass is 16.5. The Balaban J connectivity index is 1.26. The van der Waals surface area contributed by atoms with E-state index in [-0.39, 0.29) is 42.1 Å². The number of methoxy groups -OCH3 is 1. The zero-order chi connectivity index (χ0) is 38.9. The summed E-state index contributed by atoms with van der Waals surface area (Å²) in [6.07, 6.45) is 0.185. The van der Waals surface area contributed by atoms with Crippen molar-refractivity contribution in [2.24, 2.45) is 0 Å². The lowest BCUT2D eigenvalue weighted by atomic mass is 10.1. The number of aliphatic carboxylic acids is 1. The highest BCUT2D eigenvalue weighted by molar-refractivity contribution is 6.10. The van der Waals surface area contributed by atoms with E-state index in [1.54, 1.807) is 42.5 Å². The number of carbonyl (C=O) groups excluding carboxylic acids is 5. The van der Waals surface area contributed by atoms with Gasteiger partial charge in [-0.25, -0.2) is 4.98 Å². The minimum atomic E-state index is -1.62. The van der Waals surface area contributed by atoms with E-state index in [2.05, 4.69) is 15.6 Å². The van der Waals surface area contributed by atoms with Gasteiger partial charge in [-0.15, -0.1) is 0 Å². The summed E-state index contributed by atoms with van der Waals surface area (Å²) in [5.41, 5.74) is 2.87. The molecule has 2 heterocycles. The van der Waals surface area contributed by atoms with Crippen molar-refractivity contribution in [1.29, 1.82) is 0 Å². The predicted octanol–water partition coefficient (Wildman–Crippen LogP) is 4.11. The van der Waals surface area contributed by atoms with Crippen LogP contribution in [0.15, 0.2) is 108 Å². The molecule has 3 N–H and O–H groups in total. The van der Waals surface area contributed by atoms with Crippen molar-refractivity contribution in [3.63, 3.8) is 0 Å². The van der Waals surface area contributed by atoms with Crippen molar-refractivity contribution >= 4 is 57.9 Å². The van der Waals surface area contributed by atoms with E-state index in [4.69, 9.17) is 9.15 Å². The average Bonchev–Trinajstić information content (AvgIpc) is 3.60. The molecule has 14 nitrogen and oxygen atoms in total. The Labute approximate surface area is 316 Å². The maximum Gasteiger partial charge on any atom is 0.305 e. The fourth-order valence-electron chi connectivity index (χ4n) is 6.40. The lowest BCUT2D eigenvalue weighted by Gasteiger charge is -2.26. The molecule has 55 heavy (non-hydrogen) atoms. The van der Waals surface area contributed by atoms with Crippen LogP contribution in [0.3, 0.4) is 0 Å². The number of anilines is 2. The van der Waals surface area contributed by atoms with Crippen molar-refractivity contribution in [1.82, 2.24) is 15.6 Å². The van der Waals surface area contributed by atoms with Crippen LogP contribution in [0, 0.1) is 0 Å². The molecule has 1 aliphatic heterocycles. The molecule has 1 aromatic heterocycles. The fraction of sp³-hybridized carbons (Fsp3) is 0.244. The molecule has 0 bridgehead atoms. The van der Waals surface area contributed by atoms with Crippen LogP contribution < -0.4 is 25.2 Å². The predicted molar refractivity (Wildman–Crippen MR) is 202 cm³/mol. The molecule has 14 heteroatoms. The quantitative estimate of drug-likeness (QED) is 0.132. The summed E-state index contributed by atoms with van der Waals surface area (Å²) >= 11 is 0. The molecule has 0 aliphatic carbocycles. The zero-order valence-corrected chi connectivity index (χ0v) is 30.0. The number of ketones is 1. The molecule has 6 rings (SSSR count). The van der Waals surface area contributed by atoms with E-state index in [0.717, 1.165) is 16.0 Å². The summed E-state index contributed by atoms with van der Waals surface area (Å²) in [4.78, 5) is 87.5. The van der Waals surface area contributed by atoms with Gasteiger partial charge in [-0.1, -0.05) is 78.9 Å². The van der Waals surface area contributed by atoms with E-state index in [1.807, 2.05) is 60.7 Å². The third-order valence-corrected chi connectivity index (χ3v) is 9.12. The van der Waals surface area contributed by atoms with Crippen molar-refractivity contribution in [3.05, 3.63) is 120 Å². The SMILES string of the molecule is COc1cccc2nc(C(=O)[C@H](CC(=O)O)NC(=O)CN3C(=O)[C@@H](NC(=O)CCc4ccccc4)CN(C(=O)CCc4ccccc4)c4ccccc43)oc12. The van der Waals surface area contributed by atoms with Crippen LogP contribution in [0.5, 0.6) is 5.75 Å². The monoisotopic (exact) mass is 745 g/mol. The Hall–Kier alpha value is -6.83. The minimum Gasteiger partial charge on any atom is -0.493 e. The molecule has 0 fully saturated rings. The number of amides is 4. The molecule has 2 atom stereocenters. The normalized spacial score (nSPS) is 14.4. The van der Waals surface area contributed by atoms with Gasteiger partial charge in [0.2, 0.25) is 23.5 Å². The molecule has 0 spiro atoms. The summed E-state index contributed by atoms with van der Waals surface area (Å²) in [5, 5.41) is 14.9. The second kappa shape index (κ2) is 17.3. The van der Waals surface area contributed by atoms with Gasteiger partial charge in [0.15, 0.2) is 11.3 Å². The van der Waals surface area contributed by atoms with Gasteiger partial charge in [-0.3, -0.25) is 33.7 Å². The summed E-state index contributed by atoms with van der Waals surface area (Å²) in [7, 11) is 1.41. The maximum absolute atomic E-state index is 14.4. The number of carboxylic acids is 1. The number of oxazole rings is 1. The van der Waals surface area contributed by atoms with Gasteiger partial charge in [0, 0.05) is 12.8 Å². The Kier molecular flexibility index (Phi) is 11.9. The number of benzene rings is 4. The van der Waals surface area contributed by atoms with Gasteiger partial charge in [-0.05, 0) is 48.2 Å². The summed E-state index contributed by atoms with van der Waals surface area (Å²) in [6.45, 7) is -0.886. The van der Waals surface area contributed by atoms with E-state index in [1.165, 1.54) is 12.0 Å². The summed E-state index contributed by atoms with van der Waals surface area (Å²) < 4.78 is 10.9. The van der Waals surface area contributed by atoms with Gasteiger partial charge in [0.1, 0.15) is 24.1 Å². The number of hydrogen-bond donors (Lipinski definition) is 3. The molecule has 0 saturated heterocycles. The average molecular weight is 746 g/mol. The zero-order valence-electron chi connectivity index (χ0n) is 30.0. The van der Waals surface area contributed by atoms with Crippen molar-refractivity contribution < 1.29 is 43.0 Å². The number of Topliss-reactive ketones (excluding diaryl/α,β-unsaturated/α-hetero) is 1. The van der Waals surface area contributed by atoms with Crippen molar-refractivity contribution in [3.8, 4) is 5.75 Å². The van der Waals surface area contributed by atoms with Crippen LogP contribution in [0.2, 0.25) is 0 Å². The number of carbonyl (C=O) groups is 6. The van der Waals surface area contributed by atoms with E-state index in [9.17, 15) is 33.9 Å². The Morgan fingerprint density at radius 3 is 2.13 bits per heavy atom.